The molecule has 1 saturated heterocycles. The SMILES string of the molecule is C=C(CCN(CCC)C1CCOCC1)S(=O)(=O)c1ccc(CNC(=O)N2Cc3ccncc3C2)cc1. The summed E-state index contributed by atoms with van der Waals surface area (Å²) in [6, 6.07) is 8.90. The van der Waals surface area contributed by atoms with Crippen LogP contribution in [0.25, 0.3) is 0 Å². The molecule has 8 nitrogen and oxygen atoms in total. The summed E-state index contributed by atoms with van der Waals surface area (Å²) in [5, 5.41) is 2.92. The number of hydrogen-bond acceptors (Lipinski definition) is 6. The molecule has 194 valence electrons. The maximum atomic E-state index is 13.1. The number of carbonyl (C=O) groups is 1. The molecule has 0 saturated carbocycles. The van der Waals surface area contributed by atoms with E-state index in [1.807, 2.05) is 6.07 Å². The van der Waals surface area contributed by atoms with Crippen molar-refractivity contribution in [2.24, 2.45) is 0 Å². The quantitative estimate of drug-likeness (QED) is 0.520. The van der Waals surface area contributed by atoms with E-state index in [0.29, 0.717) is 38.6 Å². The van der Waals surface area contributed by atoms with Crippen LogP contribution in [0.4, 0.5) is 4.79 Å². The summed E-state index contributed by atoms with van der Waals surface area (Å²) in [6.07, 6.45) is 6.93. The van der Waals surface area contributed by atoms with Crippen LogP contribution in [0.5, 0.6) is 0 Å². The topological polar surface area (TPSA) is 91.8 Å². The van der Waals surface area contributed by atoms with Gasteiger partial charge in [-0.3, -0.25) is 9.88 Å². The molecule has 0 spiro atoms. The number of rotatable bonds is 10. The van der Waals surface area contributed by atoms with E-state index in [0.717, 1.165) is 55.7 Å². The van der Waals surface area contributed by atoms with Gasteiger partial charge in [0.15, 0.2) is 0 Å². The molecule has 0 aliphatic carbocycles. The molecule has 0 radical (unpaired) electrons. The molecule has 1 N–H and O–H groups in total. The highest BCUT2D eigenvalue weighted by Gasteiger charge is 2.25. The van der Waals surface area contributed by atoms with Gasteiger partial charge >= 0.3 is 6.03 Å². The highest BCUT2D eigenvalue weighted by Crippen LogP contribution is 2.24. The van der Waals surface area contributed by atoms with Gasteiger partial charge in [0.25, 0.3) is 0 Å². The fraction of sp³-hybridized carbons (Fsp3) is 0.481. The lowest BCUT2D eigenvalue weighted by Gasteiger charge is -2.34. The Balaban J connectivity index is 1.29. The van der Waals surface area contributed by atoms with Gasteiger partial charge in [-0.1, -0.05) is 25.6 Å². The average Bonchev–Trinajstić information content (AvgIpc) is 3.35. The molecule has 4 rings (SSSR count). The van der Waals surface area contributed by atoms with Gasteiger partial charge in [0.1, 0.15) is 0 Å². The van der Waals surface area contributed by atoms with Crippen LogP contribution in [-0.2, 0) is 34.2 Å². The Labute approximate surface area is 214 Å². The van der Waals surface area contributed by atoms with Gasteiger partial charge in [-0.25, -0.2) is 13.2 Å². The minimum absolute atomic E-state index is 0.155. The summed E-state index contributed by atoms with van der Waals surface area (Å²) in [5.74, 6) is 0. The van der Waals surface area contributed by atoms with Crippen LogP contribution in [0.1, 0.15) is 49.3 Å². The second-order valence-electron chi connectivity index (χ2n) is 9.47. The van der Waals surface area contributed by atoms with E-state index >= 15 is 0 Å². The van der Waals surface area contributed by atoms with Gasteiger partial charge in [0.2, 0.25) is 9.84 Å². The lowest BCUT2D eigenvalue weighted by atomic mass is 10.1. The lowest BCUT2D eigenvalue weighted by molar-refractivity contribution is 0.0345. The fourth-order valence-corrected chi connectivity index (χ4v) is 6.01. The predicted octanol–water partition coefficient (Wildman–Crippen LogP) is 3.88. The summed E-state index contributed by atoms with van der Waals surface area (Å²) in [4.78, 5) is 21.3. The molecule has 0 atom stereocenters. The van der Waals surface area contributed by atoms with Crippen molar-refractivity contribution in [2.45, 2.75) is 63.2 Å². The van der Waals surface area contributed by atoms with Gasteiger partial charge in [0, 0.05) is 62.7 Å². The average molecular weight is 513 g/mol. The first-order chi connectivity index (χ1) is 17.4. The number of pyridine rings is 1. The van der Waals surface area contributed by atoms with Crippen molar-refractivity contribution in [3.63, 3.8) is 0 Å². The summed E-state index contributed by atoms with van der Waals surface area (Å²) in [7, 11) is -3.62. The van der Waals surface area contributed by atoms with E-state index in [-0.39, 0.29) is 15.8 Å². The molecular weight excluding hydrogens is 476 g/mol. The van der Waals surface area contributed by atoms with E-state index in [2.05, 4.69) is 28.7 Å². The molecule has 1 aromatic heterocycles. The number of nitrogens with one attached hydrogen (secondary N) is 1. The minimum atomic E-state index is -3.62. The van der Waals surface area contributed by atoms with Gasteiger partial charge in [-0.05, 0) is 67.1 Å². The number of hydrogen-bond donors (Lipinski definition) is 1. The monoisotopic (exact) mass is 512 g/mol. The van der Waals surface area contributed by atoms with E-state index in [1.54, 1.807) is 41.6 Å². The van der Waals surface area contributed by atoms with Gasteiger partial charge in [-0.15, -0.1) is 0 Å². The predicted molar refractivity (Wildman–Crippen MR) is 139 cm³/mol. The molecule has 0 unspecified atom stereocenters. The smallest absolute Gasteiger partial charge is 0.318 e. The molecule has 2 amide bonds. The Hall–Kier alpha value is -2.75. The van der Waals surface area contributed by atoms with Crippen LogP contribution < -0.4 is 5.32 Å². The molecule has 1 fully saturated rings. The molecule has 2 aliphatic heterocycles. The Bertz CT molecular complexity index is 1140. The zero-order valence-electron chi connectivity index (χ0n) is 21.0. The number of benzene rings is 1. The maximum absolute atomic E-state index is 13.1. The van der Waals surface area contributed by atoms with Crippen LogP contribution in [0.3, 0.4) is 0 Å². The third kappa shape index (κ3) is 6.32. The van der Waals surface area contributed by atoms with Crippen molar-refractivity contribution in [1.82, 2.24) is 20.1 Å². The van der Waals surface area contributed by atoms with Crippen molar-refractivity contribution < 1.29 is 17.9 Å². The van der Waals surface area contributed by atoms with Crippen LogP contribution in [-0.4, -0.2) is 61.6 Å². The minimum Gasteiger partial charge on any atom is -0.381 e. The van der Waals surface area contributed by atoms with E-state index in [1.165, 1.54) is 0 Å². The van der Waals surface area contributed by atoms with E-state index in [4.69, 9.17) is 4.74 Å². The first-order valence-corrected chi connectivity index (χ1v) is 14.1. The molecule has 2 aliphatic rings. The Morgan fingerprint density at radius 3 is 2.56 bits per heavy atom. The van der Waals surface area contributed by atoms with Crippen molar-refractivity contribution in [3.8, 4) is 0 Å². The molecule has 9 heteroatoms. The van der Waals surface area contributed by atoms with E-state index < -0.39 is 9.84 Å². The summed E-state index contributed by atoms with van der Waals surface area (Å²) in [6.45, 7) is 10.6. The normalized spacial score (nSPS) is 16.2. The van der Waals surface area contributed by atoms with Crippen LogP contribution in [0.2, 0.25) is 0 Å². The molecule has 3 heterocycles. The van der Waals surface area contributed by atoms with Crippen molar-refractivity contribution in [3.05, 3.63) is 70.9 Å². The summed E-state index contributed by atoms with van der Waals surface area (Å²) >= 11 is 0. The van der Waals surface area contributed by atoms with Crippen molar-refractivity contribution >= 4 is 15.9 Å². The second kappa shape index (κ2) is 12.0. The van der Waals surface area contributed by atoms with Crippen LogP contribution in [0, 0.1) is 0 Å². The number of aromatic nitrogens is 1. The Kier molecular flexibility index (Phi) is 8.77. The van der Waals surface area contributed by atoms with E-state index in [9.17, 15) is 13.2 Å². The summed E-state index contributed by atoms with van der Waals surface area (Å²) in [5.41, 5.74) is 3.01. The molecule has 2 aromatic rings. The number of ether oxygens (including phenoxy) is 1. The zero-order chi connectivity index (χ0) is 25.5. The highest BCUT2D eigenvalue weighted by atomic mass is 32.2. The molecule has 0 bridgehead atoms. The number of carbonyl (C=O) groups excluding carboxylic acids is 1. The third-order valence-electron chi connectivity index (χ3n) is 6.97. The highest BCUT2D eigenvalue weighted by molar-refractivity contribution is 7.95. The maximum Gasteiger partial charge on any atom is 0.318 e. The Morgan fingerprint density at radius 2 is 1.86 bits per heavy atom. The van der Waals surface area contributed by atoms with Crippen molar-refractivity contribution in [1.29, 1.82) is 0 Å². The molecular formula is C27H36N4O4S. The van der Waals surface area contributed by atoms with Gasteiger partial charge < -0.3 is 15.0 Å². The first-order valence-electron chi connectivity index (χ1n) is 12.7. The first kappa shape index (κ1) is 26.3. The number of sulfone groups is 1. The Morgan fingerprint density at radius 1 is 1.14 bits per heavy atom. The summed E-state index contributed by atoms with van der Waals surface area (Å²) < 4.78 is 31.7. The number of urea groups is 1. The lowest BCUT2D eigenvalue weighted by Crippen LogP contribution is -2.40. The second-order valence-corrected chi connectivity index (χ2v) is 11.5. The number of nitrogens with zero attached hydrogens (tertiary/aromatic N) is 3. The zero-order valence-corrected chi connectivity index (χ0v) is 21.8. The van der Waals surface area contributed by atoms with Crippen LogP contribution in [0.15, 0.2) is 59.1 Å². The number of amides is 2. The number of fused-ring (bicyclic) bond motifs is 1. The fourth-order valence-electron chi connectivity index (χ4n) is 4.82. The van der Waals surface area contributed by atoms with Crippen LogP contribution >= 0.6 is 0 Å². The standard InChI is InChI=1S/C27H36N4O4S/c1-3-13-30(25-10-15-35-16-11-25)14-9-21(2)36(33,34)26-6-4-22(5-7-26)17-29-27(32)31-19-23-8-12-28-18-24(23)20-31/h4-8,12,18,25H,2-3,9-11,13-17,19-20H2,1H3,(H,29,32). The van der Waals surface area contributed by atoms with Gasteiger partial charge in [0.05, 0.1) is 4.90 Å². The third-order valence-corrected chi connectivity index (χ3v) is 8.82. The van der Waals surface area contributed by atoms with Crippen molar-refractivity contribution in [2.75, 3.05) is 26.3 Å². The molecule has 36 heavy (non-hydrogen) atoms. The van der Waals surface area contributed by atoms with Gasteiger partial charge in [-0.2, -0.15) is 0 Å². The largest absolute Gasteiger partial charge is 0.381 e. The molecule has 1 aromatic carbocycles.